The van der Waals surface area contributed by atoms with Crippen LogP contribution in [0.4, 0.5) is 0 Å². The number of hydrogen-bond donors (Lipinski definition) is 0. The molecule has 1 amide bonds. The van der Waals surface area contributed by atoms with E-state index in [1.54, 1.807) is 0 Å². The van der Waals surface area contributed by atoms with Gasteiger partial charge in [-0.1, -0.05) is 0 Å². The van der Waals surface area contributed by atoms with Crippen LogP contribution in [0.5, 0.6) is 0 Å². The zero-order valence-electron chi connectivity index (χ0n) is 7.52. The number of likely N-dealkylation sites (tertiary alicyclic amines) is 1. The van der Waals surface area contributed by atoms with Gasteiger partial charge < -0.3 is 4.90 Å². The Labute approximate surface area is 76.2 Å². The third-order valence-corrected chi connectivity index (χ3v) is 2.05. The highest BCUT2D eigenvalue weighted by Gasteiger charge is 2.20. The molecule has 1 saturated heterocycles. The molecule has 0 unspecified atom stereocenters. The van der Waals surface area contributed by atoms with Gasteiger partial charge in [0.05, 0.1) is 10.6 Å². The van der Waals surface area contributed by atoms with Gasteiger partial charge in [-0.2, -0.15) is 0 Å². The summed E-state index contributed by atoms with van der Waals surface area (Å²) in [6.07, 6.45) is 3.40. The van der Waals surface area contributed by atoms with Gasteiger partial charge in [-0.25, -0.2) is 0 Å². The Hall–Kier alpha value is -1.39. The number of nitrogens with zero attached hydrogens (tertiary/aromatic N) is 2. The summed E-state index contributed by atoms with van der Waals surface area (Å²) < 4.78 is 0. The molecule has 0 atom stereocenters. The maximum absolute atomic E-state index is 11.1. The summed E-state index contributed by atoms with van der Waals surface area (Å²) in [4.78, 5) is 22.3. The van der Waals surface area contributed by atoms with Crippen molar-refractivity contribution >= 4 is 5.91 Å². The number of amides is 1. The van der Waals surface area contributed by atoms with Crippen LogP contribution < -0.4 is 0 Å². The fourth-order valence-electron chi connectivity index (χ4n) is 1.47. The molecule has 1 heterocycles. The van der Waals surface area contributed by atoms with E-state index in [1.807, 2.05) is 0 Å². The van der Waals surface area contributed by atoms with Gasteiger partial charge in [-0.15, -0.1) is 0 Å². The summed E-state index contributed by atoms with van der Waals surface area (Å²) >= 11 is 0. The Balaban J connectivity index is 2.78. The minimum absolute atomic E-state index is 0.118. The van der Waals surface area contributed by atoms with Gasteiger partial charge in [-0.05, 0) is 19.3 Å². The maximum Gasteiger partial charge on any atom is 0.253 e. The lowest BCUT2D eigenvalue weighted by atomic mass is 10.1. The van der Waals surface area contributed by atoms with E-state index in [0.29, 0.717) is 18.7 Å². The average molecular weight is 184 g/mol. The summed E-state index contributed by atoms with van der Waals surface area (Å²) in [5, 5.41) is 10.2. The number of hydrogen-bond acceptors (Lipinski definition) is 3. The summed E-state index contributed by atoms with van der Waals surface area (Å²) in [5.41, 5.74) is 0.531. The zero-order chi connectivity index (χ0) is 9.84. The average Bonchev–Trinajstić information content (AvgIpc) is 2.03. The van der Waals surface area contributed by atoms with E-state index in [0.717, 1.165) is 19.0 Å². The summed E-state index contributed by atoms with van der Waals surface area (Å²) in [7, 11) is 0. The minimum Gasteiger partial charge on any atom is -0.311 e. The summed E-state index contributed by atoms with van der Waals surface area (Å²) in [5.74, 6) is -0.118. The van der Waals surface area contributed by atoms with Crippen LogP contribution in [-0.4, -0.2) is 22.3 Å². The highest BCUT2D eigenvalue weighted by molar-refractivity contribution is 5.75. The molecule has 0 bridgehead atoms. The van der Waals surface area contributed by atoms with Gasteiger partial charge >= 0.3 is 0 Å². The lowest BCUT2D eigenvalue weighted by molar-refractivity contribution is -0.404. The van der Waals surface area contributed by atoms with Crippen molar-refractivity contribution in [2.75, 3.05) is 6.54 Å². The first-order valence-electron chi connectivity index (χ1n) is 4.23. The second-order valence-corrected chi connectivity index (χ2v) is 3.03. The normalized spacial score (nSPS) is 20.4. The van der Waals surface area contributed by atoms with Crippen molar-refractivity contribution in [3.63, 3.8) is 0 Å². The molecule has 13 heavy (non-hydrogen) atoms. The standard InChI is InChI=1S/C8H12N2O3/c1-7(11)9-5-3-2-4-8(9)6-10(12)13/h6H,2-5H2,1H3. The van der Waals surface area contributed by atoms with E-state index < -0.39 is 4.92 Å². The molecule has 0 N–H and O–H groups in total. The Morgan fingerprint density at radius 2 is 2.31 bits per heavy atom. The second kappa shape index (κ2) is 4.02. The molecule has 0 radical (unpaired) electrons. The molecule has 0 aliphatic carbocycles. The SMILES string of the molecule is CC(=O)N1CCCCC1=C[N+](=O)[O-]. The van der Waals surface area contributed by atoms with E-state index in [1.165, 1.54) is 11.8 Å². The zero-order valence-corrected chi connectivity index (χ0v) is 7.52. The highest BCUT2D eigenvalue weighted by atomic mass is 16.6. The molecule has 0 aromatic carbocycles. The van der Waals surface area contributed by atoms with Crippen molar-refractivity contribution in [2.45, 2.75) is 26.2 Å². The summed E-state index contributed by atoms with van der Waals surface area (Å²) in [6, 6.07) is 0. The maximum atomic E-state index is 11.1. The van der Waals surface area contributed by atoms with Gasteiger partial charge in [0, 0.05) is 13.5 Å². The van der Waals surface area contributed by atoms with Crippen LogP contribution >= 0.6 is 0 Å². The molecule has 0 spiro atoms. The third-order valence-electron chi connectivity index (χ3n) is 2.05. The minimum atomic E-state index is -0.503. The first-order valence-corrected chi connectivity index (χ1v) is 4.23. The predicted molar refractivity (Wildman–Crippen MR) is 46.3 cm³/mol. The second-order valence-electron chi connectivity index (χ2n) is 3.03. The Morgan fingerprint density at radius 1 is 1.62 bits per heavy atom. The molecule has 1 fully saturated rings. The van der Waals surface area contributed by atoms with Crippen molar-refractivity contribution in [2.24, 2.45) is 0 Å². The van der Waals surface area contributed by atoms with Crippen LogP contribution in [0, 0.1) is 10.1 Å². The van der Waals surface area contributed by atoms with E-state index in [2.05, 4.69) is 0 Å². The molecule has 0 saturated carbocycles. The van der Waals surface area contributed by atoms with Crippen molar-refractivity contribution in [3.05, 3.63) is 22.0 Å². The molecule has 1 rings (SSSR count). The van der Waals surface area contributed by atoms with Crippen molar-refractivity contribution in [1.82, 2.24) is 4.90 Å². The molecule has 0 aromatic rings. The fourth-order valence-corrected chi connectivity index (χ4v) is 1.47. The van der Waals surface area contributed by atoms with Crippen LogP contribution in [0.15, 0.2) is 11.9 Å². The largest absolute Gasteiger partial charge is 0.311 e. The van der Waals surface area contributed by atoms with Crippen LogP contribution in [0.25, 0.3) is 0 Å². The van der Waals surface area contributed by atoms with Crippen molar-refractivity contribution in [1.29, 1.82) is 0 Å². The number of allylic oxidation sites excluding steroid dienone is 1. The lowest BCUT2D eigenvalue weighted by Crippen LogP contribution is -2.32. The molecule has 1 aliphatic heterocycles. The Morgan fingerprint density at radius 3 is 2.85 bits per heavy atom. The van der Waals surface area contributed by atoms with E-state index >= 15 is 0 Å². The molecule has 5 nitrogen and oxygen atoms in total. The number of piperidine rings is 1. The molecular weight excluding hydrogens is 172 g/mol. The highest BCUT2D eigenvalue weighted by Crippen LogP contribution is 2.20. The van der Waals surface area contributed by atoms with Gasteiger partial charge in [0.1, 0.15) is 0 Å². The Kier molecular flexibility index (Phi) is 3.00. The van der Waals surface area contributed by atoms with Crippen molar-refractivity contribution < 1.29 is 9.72 Å². The molecule has 5 heteroatoms. The molecule has 72 valence electrons. The van der Waals surface area contributed by atoms with E-state index in [4.69, 9.17) is 0 Å². The number of carbonyl (C=O) groups excluding carboxylic acids is 1. The topological polar surface area (TPSA) is 63.5 Å². The van der Waals surface area contributed by atoms with Crippen LogP contribution in [0.2, 0.25) is 0 Å². The van der Waals surface area contributed by atoms with E-state index in [-0.39, 0.29) is 5.91 Å². The van der Waals surface area contributed by atoms with Gasteiger partial charge in [-0.3, -0.25) is 14.9 Å². The van der Waals surface area contributed by atoms with Crippen LogP contribution in [0.3, 0.4) is 0 Å². The number of nitro groups is 1. The van der Waals surface area contributed by atoms with Crippen molar-refractivity contribution in [3.8, 4) is 0 Å². The van der Waals surface area contributed by atoms with Crippen LogP contribution in [0.1, 0.15) is 26.2 Å². The first-order chi connectivity index (χ1) is 6.11. The van der Waals surface area contributed by atoms with Gasteiger partial charge in [0.2, 0.25) is 5.91 Å². The molecule has 1 aliphatic rings. The monoisotopic (exact) mass is 184 g/mol. The Bertz CT molecular complexity index is 260. The van der Waals surface area contributed by atoms with Gasteiger partial charge in [0.25, 0.3) is 6.20 Å². The van der Waals surface area contributed by atoms with Crippen LogP contribution in [-0.2, 0) is 4.79 Å². The predicted octanol–water partition coefficient (Wildman–Crippen LogP) is 1.14. The first kappa shape index (κ1) is 9.70. The quantitative estimate of drug-likeness (QED) is 0.453. The summed E-state index contributed by atoms with van der Waals surface area (Å²) in [6.45, 7) is 2.04. The molecule has 0 aromatic heterocycles. The third kappa shape index (κ3) is 2.54. The van der Waals surface area contributed by atoms with Gasteiger partial charge in [0.15, 0.2) is 0 Å². The number of carbonyl (C=O) groups is 1. The smallest absolute Gasteiger partial charge is 0.253 e. The fraction of sp³-hybridized carbons (Fsp3) is 0.625. The molecular formula is C8H12N2O3. The lowest BCUT2D eigenvalue weighted by Gasteiger charge is -2.26. The van der Waals surface area contributed by atoms with E-state index in [9.17, 15) is 14.9 Å². The number of rotatable bonds is 1.